The van der Waals surface area contributed by atoms with Crippen LogP contribution >= 0.6 is 0 Å². The molecule has 0 unspecified atom stereocenters. The second-order valence-corrected chi connectivity index (χ2v) is 6.01. The van der Waals surface area contributed by atoms with Crippen molar-refractivity contribution in [1.29, 1.82) is 0 Å². The summed E-state index contributed by atoms with van der Waals surface area (Å²) in [5.41, 5.74) is 3.71. The van der Waals surface area contributed by atoms with E-state index in [0.29, 0.717) is 6.42 Å². The van der Waals surface area contributed by atoms with Crippen LogP contribution in [0.1, 0.15) is 16.7 Å². The van der Waals surface area contributed by atoms with Crippen molar-refractivity contribution in [3.8, 4) is 11.5 Å². The summed E-state index contributed by atoms with van der Waals surface area (Å²) < 4.78 is 10.7. The lowest BCUT2D eigenvalue weighted by molar-refractivity contribution is -0.130. The van der Waals surface area contributed by atoms with E-state index in [1.165, 1.54) is 11.1 Å². The highest BCUT2D eigenvalue weighted by atomic mass is 16.7. The summed E-state index contributed by atoms with van der Waals surface area (Å²) in [7, 11) is 0. The summed E-state index contributed by atoms with van der Waals surface area (Å²) in [6.45, 7) is 1.85. The van der Waals surface area contributed by atoms with Crippen LogP contribution in [-0.2, 0) is 24.1 Å². The third kappa shape index (κ3) is 2.89. The molecular weight excluding hydrogens is 290 g/mol. The summed E-state index contributed by atoms with van der Waals surface area (Å²) in [6, 6.07) is 14.2. The molecule has 0 aliphatic carbocycles. The Bertz CT molecular complexity index is 714. The zero-order valence-electron chi connectivity index (χ0n) is 13.0. The molecule has 1 amide bonds. The first kappa shape index (κ1) is 14.1. The summed E-state index contributed by atoms with van der Waals surface area (Å²) in [4.78, 5) is 14.6. The molecule has 0 aromatic heterocycles. The molecule has 4 heteroatoms. The van der Waals surface area contributed by atoms with Crippen LogP contribution in [0.15, 0.2) is 42.5 Å². The van der Waals surface area contributed by atoms with Crippen molar-refractivity contribution in [1.82, 2.24) is 4.90 Å². The maximum absolute atomic E-state index is 12.6. The second-order valence-electron chi connectivity index (χ2n) is 6.01. The third-order valence-electron chi connectivity index (χ3n) is 4.57. The van der Waals surface area contributed by atoms with Gasteiger partial charge in [-0.05, 0) is 41.7 Å². The smallest absolute Gasteiger partial charge is 0.231 e. The van der Waals surface area contributed by atoms with Gasteiger partial charge in [-0.1, -0.05) is 30.3 Å². The topological polar surface area (TPSA) is 38.8 Å². The van der Waals surface area contributed by atoms with Crippen LogP contribution in [0.25, 0.3) is 0 Å². The number of benzene rings is 2. The lowest BCUT2D eigenvalue weighted by atomic mass is 10.0. The fourth-order valence-corrected chi connectivity index (χ4v) is 3.25. The van der Waals surface area contributed by atoms with Crippen molar-refractivity contribution in [3.63, 3.8) is 0 Å². The van der Waals surface area contributed by atoms with Gasteiger partial charge in [0, 0.05) is 13.1 Å². The average Bonchev–Trinajstić information content (AvgIpc) is 2.92. The second kappa shape index (κ2) is 5.95. The molecule has 23 heavy (non-hydrogen) atoms. The SMILES string of the molecule is O=C(Cc1ccc2c(c1)OCO2)N1CCc2ccccc2CC1. The molecule has 2 aromatic carbocycles. The summed E-state index contributed by atoms with van der Waals surface area (Å²) in [5, 5.41) is 0. The van der Waals surface area contributed by atoms with Gasteiger partial charge in [-0.3, -0.25) is 4.79 Å². The molecule has 0 saturated carbocycles. The molecule has 4 nitrogen and oxygen atoms in total. The monoisotopic (exact) mass is 309 g/mol. The molecule has 0 fully saturated rings. The molecule has 118 valence electrons. The van der Waals surface area contributed by atoms with Crippen LogP contribution in [0.2, 0.25) is 0 Å². The van der Waals surface area contributed by atoms with E-state index < -0.39 is 0 Å². The molecule has 0 bridgehead atoms. The highest BCUT2D eigenvalue weighted by molar-refractivity contribution is 5.79. The van der Waals surface area contributed by atoms with Crippen LogP contribution in [0.4, 0.5) is 0 Å². The van der Waals surface area contributed by atoms with Crippen molar-refractivity contribution in [2.45, 2.75) is 19.3 Å². The van der Waals surface area contributed by atoms with Crippen molar-refractivity contribution in [2.75, 3.05) is 19.9 Å². The van der Waals surface area contributed by atoms with Gasteiger partial charge in [0.05, 0.1) is 6.42 Å². The number of hydrogen-bond acceptors (Lipinski definition) is 3. The van der Waals surface area contributed by atoms with Crippen LogP contribution < -0.4 is 9.47 Å². The van der Waals surface area contributed by atoms with Crippen LogP contribution in [0, 0.1) is 0 Å². The van der Waals surface area contributed by atoms with Crippen molar-refractivity contribution in [2.24, 2.45) is 0 Å². The van der Waals surface area contributed by atoms with E-state index in [9.17, 15) is 4.79 Å². The first-order chi connectivity index (χ1) is 11.3. The first-order valence-corrected chi connectivity index (χ1v) is 8.03. The molecule has 0 saturated heterocycles. The predicted octanol–water partition coefficient (Wildman–Crippen LogP) is 2.59. The van der Waals surface area contributed by atoms with Crippen LogP contribution in [0.3, 0.4) is 0 Å². The van der Waals surface area contributed by atoms with E-state index in [-0.39, 0.29) is 12.7 Å². The molecule has 0 radical (unpaired) electrons. The summed E-state index contributed by atoms with van der Waals surface area (Å²) in [6.07, 6.45) is 2.28. The molecule has 2 aliphatic heterocycles. The normalized spacial score (nSPS) is 15.9. The zero-order valence-corrected chi connectivity index (χ0v) is 13.0. The number of hydrogen-bond donors (Lipinski definition) is 0. The largest absolute Gasteiger partial charge is 0.454 e. The van der Waals surface area contributed by atoms with E-state index >= 15 is 0 Å². The van der Waals surface area contributed by atoms with Crippen LogP contribution in [-0.4, -0.2) is 30.7 Å². The molecular formula is C19H19NO3. The number of rotatable bonds is 2. The van der Waals surface area contributed by atoms with Crippen molar-refractivity contribution < 1.29 is 14.3 Å². The van der Waals surface area contributed by atoms with Gasteiger partial charge in [-0.2, -0.15) is 0 Å². The molecule has 4 rings (SSSR count). The lowest BCUT2D eigenvalue weighted by Crippen LogP contribution is -2.34. The van der Waals surface area contributed by atoms with Crippen molar-refractivity contribution in [3.05, 3.63) is 59.2 Å². The maximum atomic E-state index is 12.6. The average molecular weight is 309 g/mol. The Hall–Kier alpha value is -2.49. The minimum absolute atomic E-state index is 0.177. The Morgan fingerprint density at radius 2 is 1.65 bits per heavy atom. The number of carbonyl (C=O) groups is 1. The molecule has 2 aliphatic rings. The number of carbonyl (C=O) groups excluding carboxylic acids is 1. The Morgan fingerprint density at radius 3 is 2.39 bits per heavy atom. The minimum atomic E-state index is 0.177. The van der Waals surface area contributed by atoms with Gasteiger partial charge in [-0.25, -0.2) is 0 Å². The molecule has 0 atom stereocenters. The van der Waals surface area contributed by atoms with Crippen molar-refractivity contribution >= 4 is 5.91 Å². The first-order valence-electron chi connectivity index (χ1n) is 8.03. The quantitative estimate of drug-likeness (QED) is 0.856. The lowest BCUT2D eigenvalue weighted by Gasteiger charge is -2.20. The van der Waals surface area contributed by atoms with Crippen LogP contribution in [0.5, 0.6) is 11.5 Å². The molecule has 2 heterocycles. The third-order valence-corrected chi connectivity index (χ3v) is 4.57. The Labute approximate surface area is 135 Å². The summed E-state index contributed by atoms with van der Waals surface area (Å²) >= 11 is 0. The fraction of sp³-hybridized carbons (Fsp3) is 0.316. The minimum Gasteiger partial charge on any atom is -0.454 e. The molecule has 0 spiro atoms. The Kier molecular flexibility index (Phi) is 3.66. The van der Waals surface area contributed by atoms with Gasteiger partial charge in [0.2, 0.25) is 12.7 Å². The van der Waals surface area contributed by atoms with E-state index in [2.05, 4.69) is 24.3 Å². The highest BCUT2D eigenvalue weighted by Gasteiger charge is 2.20. The van der Waals surface area contributed by atoms with Gasteiger partial charge in [0.1, 0.15) is 0 Å². The molecule has 2 aromatic rings. The Balaban J connectivity index is 1.44. The number of fused-ring (bicyclic) bond motifs is 2. The van der Waals surface area contributed by atoms with E-state index in [1.807, 2.05) is 23.1 Å². The molecule has 0 N–H and O–H groups in total. The number of ether oxygens (including phenoxy) is 2. The zero-order chi connectivity index (χ0) is 15.6. The predicted molar refractivity (Wildman–Crippen MR) is 86.7 cm³/mol. The van der Waals surface area contributed by atoms with E-state index in [1.54, 1.807) is 0 Å². The Morgan fingerprint density at radius 1 is 0.957 bits per heavy atom. The van der Waals surface area contributed by atoms with Gasteiger partial charge in [0.15, 0.2) is 11.5 Å². The number of amides is 1. The van der Waals surface area contributed by atoms with Gasteiger partial charge < -0.3 is 14.4 Å². The van der Waals surface area contributed by atoms with Gasteiger partial charge in [-0.15, -0.1) is 0 Å². The fourth-order valence-electron chi connectivity index (χ4n) is 3.25. The van der Waals surface area contributed by atoms with Gasteiger partial charge >= 0.3 is 0 Å². The van der Waals surface area contributed by atoms with E-state index in [0.717, 1.165) is 43.0 Å². The van der Waals surface area contributed by atoms with E-state index in [4.69, 9.17) is 9.47 Å². The highest BCUT2D eigenvalue weighted by Crippen LogP contribution is 2.32. The maximum Gasteiger partial charge on any atom is 0.231 e. The van der Waals surface area contributed by atoms with Gasteiger partial charge in [0.25, 0.3) is 0 Å². The summed E-state index contributed by atoms with van der Waals surface area (Å²) in [5.74, 6) is 1.67. The number of nitrogens with zero attached hydrogens (tertiary/aromatic N) is 1. The standard InChI is InChI=1S/C19H19NO3/c21-19(12-14-5-6-17-18(11-14)23-13-22-17)20-9-7-15-3-1-2-4-16(15)8-10-20/h1-6,11H,7-10,12-13H2.